The molecule has 3 rings (SSSR count). The molecule has 2 aromatic rings. The molecule has 5 heteroatoms. The maximum atomic E-state index is 12.5. The van der Waals surface area contributed by atoms with Crippen molar-refractivity contribution in [1.29, 1.82) is 0 Å². The van der Waals surface area contributed by atoms with Crippen molar-refractivity contribution in [3.05, 3.63) is 76.0 Å². The minimum Gasteiger partial charge on any atom is -0.465 e. The summed E-state index contributed by atoms with van der Waals surface area (Å²) in [6.45, 7) is 5.96. The lowest BCUT2D eigenvalue weighted by Crippen LogP contribution is -2.14. The Kier molecular flexibility index (Phi) is 4.80. The summed E-state index contributed by atoms with van der Waals surface area (Å²) in [4.78, 5) is 24.8. The van der Waals surface area contributed by atoms with Crippen molar-refractivity contribution in [2.45, 2.75) is 26.9 Å². The van der Waals surface area contributed by atoms with Crippen LogP contribution in [0.2, 0.25) is 0 Å². The molecule has 0 saturated carbocycles. The Labute approximate surface area is 152 Å². The molecule has 134 valence electrons. The molecular formula is C21H21NO4. The van der Waals surface area contributed by atoms with E-state index >= 15 is 0 Å². The van der Waals surface area contributed by atoms with Crippen LogP contribution in [0.5, 0.6) is 0 Å². The molecule has 1 aliphatic rings. The second-order valence-corrected chi connectivity index (χ2v) is 6.40. The van der Waals surface area contributed by atoms with Gasteiger partial charge in [0, 0.05) is 5.69 Å². The highest BCUT2D eigenvalue weighted by molar-refractivity contribution is 6.06. The van der Waals surface area contributed by atoms with E-state index in [9.17, 15) is 9.59 Å². The normalized spacial score (nSPS) is 16.5. The Balaban J connectivity index is 2.03. The van der Waals surface area contributed by atoms with Gasteiger partial charge in [-0.1, -0.05) is 35.9 Å². The van der Waals surface area contributed by atoms with E-state index in [4.69, 9.17) is 9.47 Å². The summed E-state index contributed by atoms with van der Waals surface area (Å²) in [7, 11) is 1.29. The van der Waals surface area contributed by atoms with Crippen molar-refractivity contribution in [3.8, 4) is 0 Å². The van der Waals surface area contributed by atoms with Crippen molar-refractivity contribution >= 4 is 17.6 Å². The Morgan fingerprint density at radius 1 is 1.04 bits per heavy atom. The molecule has 0 aliphatic carbocycles. The van der Waals surface area contributed by atoms with E-state index in [0.29, 0.717) is 5.69 Å². The SMILES string of the molecule is COC(=O)C1=C(Nc2ccc(C)c(C)c2)C(=O)OC1c1ccc(C)cc1. The Morgan fingerprint density at radius 2 is 1.73 bits per heavy atom. The molecular weight excluding hydrogens is 330 g/mol. The second-order valence-electron chi connectivity index (χ2n) is 6.40. The molecule has 1 N–H and O–H groups in total. The molecule has 0 amide bonds. The Morgan fingerprint density at radius 3 is 2.35 bits per heavy atom. The zero-order valence-electron chi connectivity index (χ0n) is 15.3. The summed E-state index contributed by atoms with van der Waals surface area (Å²) < 4.78 is 10.4. The average Bonchev–Trinajstić information content (AvgIpc) is 2.94. The summed E-state index contributed by atoms with van der Waals surface area (Å²) >= 11 is 0. The fourth-order valence-electron chi connectivity index (χ4n) is 2.84. The van der Waals surface area contributed by atoms with E-state index in [1.165, 1.54) is 7.11 Å². The van der Waals surface area contributed by atoms with Crippen LogP contribution in [0.25, 0.3) is 0 Å². The molecule has 0 fully saturated rings. The summed E-state index contributed by atoms with van der Waals surface area (Å²) in [6, 6.07) is 13.2. The lowest BCUT2D eigenvalue weighted by atomic mass is 10.00. The van der Waals surface area contributed by atoms with Gasteiger partial charge in [-0.3, -0.25) is 0 Å². The number of methoxy groups -OCH3 is 1. The van der Waals surface area contributed by atoms with E-state index in [1.54, 1.807) is 0 Å². The predicted octanol–water partition coefficient (Wildman–Crippen LogP) is 3.75. The zero-order chi connectivity index (χ0) is 18.8. The predicted molar refractivity (Wildman–Crippen MR) is 98.6 cm³/mol. The smallest absolute Gasteiger partial charge is 0.356 e. The standard InChI is InChI=1S/C21H21NO4/c1-12-5-8-15(9-6-12)19-17(20(23)25-4)18(21(24)26-19)22-16-10-7-13(2)14(3)11-16/h5-11,19,22H,1-4H3. The van der Waals surface area contributed by atoms with Gasteiger partial charge in [-0.05, 0) is 49.6 Å². The van der Waals surface area contributed by atoms with Crippen LogP contribution >= 0.6 is 0 Å². The number of esters is 2. The first-order valence-electron chi connectivity index (χ1n) is 8.35. The summed E-state index contributed by atoms with van der Waals surface area (Å²) in [6.07, 6.45) is -0.787. The highest BCUT2D eigenvalue weighted by atomic mass is 16.6. The van der Waals surface area contributed by atoms with E-state index in [1.807, 2.05) is 63.2 Å². The third-order valence-electron chi connectivity index (χ3n) is 4.52. The first kappa shape index (κ1) is 17.7. The number of anilines is 1. The van der Waals surface area contributed by atoms with Crippen molar-refractivity contribution in [2.75, 3.05) is 12.4 Å². The highest BCUT2D eigenvalue weighted by Gasteiger charge is 2.40. The zero-order valence-corrected chi connectivity index (χ0v) is 15.3. The van der Waals surface area contributed by atoms with Crippen LogP contribution < -0.4 is 5.32 Å². The van der Waals surface area contributed by atoms with Gasteiger partial charge >= 0.3 is 11.9 Å². The number of hydrogen-bond acceptors (Lipinski definition) is 5. The largest absolute Gasteiger partial charge is 0.465 e. The number of benzene rings is 2. The minimum atomic E-state index is -0.787. The van der Waals surface area contributed by atoms with Crippen molar-refractivity contribution in [1.82, 2.24) is 0 Å². The van der Waals surface area contributed by atoms with Crippen molar-refractivity contribution in [3.63, 3.8) is 0 Å². The van der Waals surface area contributed by atoms with Crippen LogP contribution in [0, 0.1) is 20.8 Å². The first-order chi connectivity index (χ1) is 12.4. The van der Waals surface area contributed by atoms with Crippen LogP contribution in [0.4, 0.5) is 5.69 Å². The summed E-state index contributed by atoms with van der Waals surface area (Å²) in [5, 5.41) is 3.04. The van der Waals surface area contributed by atoms with E-state index < -0.39 is 18.0 Å². The molecule has 2 aromatic carbocycles. The highest BCUT2D eigenvalue weighted by Crippen LogP contribution is 2.36. The number of cyclic esters (lactones) is 1. The van der Waals surface area contributed by atoms with Gasteiger partial charge < -0.3 is 14.8 Å². The molecule has 0 saturated heterocycles. The number of aryl methyl sites for hydroxylation is 3. The summed E-state index contributed by atoms with van der Waals surface area (Å²) in [5.74, 6) is -1.16. The van der Waals surface area contributed by atoms with Gasteiger partial charge in [0.2, 0.25) is 0 Å². The molecule has 1 heterocycles. The monoisotopic (exact) mass is 351 g/mol. The maximum absolute atomic E-state index is 12.5. The number of hydrogen-bond donors (Lipinski definition) is 1. The topological polar surface area (TPSA) is 64.6 Å². The number of rotatable bonds is 4. The van der Waals surface area contributed by atoms with Crippen LogP contribution in [0.3, 0.4) is 0 Å². The van der Waals surface area contributed by atoms with Crippen LogP contribution in [-0.2, 0) is 19.1 Å². The summed E-state index contributed by atoms with van der Waals surface area (Å²) in [5.41, 5.74) is 5.04. The molecule has 0 aromatic heterocycles. The number of nitrogens with one attached hydrogen (secondary N) is 1. The Hall–Kier alpha value is -3.08. The van der Waals surface area contributed by atoms with E-state index in [-0.39, 0.29) is 11.3 Å². The molecule has 0 bridgehead atoms. The van der Waals surface area contributed by atoms with Crippen LogP contribution in [-0.4, -0.2) is 19.0 Å². The average molecular weight is 351 g/mol. The van der Waals surface area contributed by atoms with E-state index in [0.717, 1.165) is 22.3 Å². The van der Waals surface area contributed by atoms with Crippen LogP contribution in [0.1, 0.15) is 28.4 Å². The maximum Gasteiger partial charge on any atom is 0.356 e. The quantitative estimate of drug-likeness (QED) is 0.850. The molecule has 1 aliphatic heterocycles. The first-order valence-corrected chi connectivity index (χ1v) is 8.35. The van der Waals surface area contributed by atoms with Crippen molar-refractivity contribution in [2.24, 2.45) is 0 Å². The third kappa shape index (κ3) is 3.33. The van der Waals surface area contributed by atoms with Crippen LogP contribution in [0.15, 0.2) is 53.7 Å². The van der Waals surface area contributed by atoms with Gasteiger partial charge in [-0.2, -0.15) is 0 Å². The molecule has 0 spiro atoms. The van der Waals surface area contributed by atoms with E-state index in [2.05, 4.69) is 5.32 Å². The van der Waals surface area contributed by atoms with Gasteiger partial charge in [0.1, 0.15) is 11.3 Å². The fraction of sp³-hybridized carbons (Fsp3) is 0.238. The van der Waals surface area contributed by atoms with Crippen molar-refractivity contribution < 1.29 is 19.1 Å². The number of ether oxygens (including phenoxy) is 2. The van der Waals surface area contributed by atoms with Gasteiger partial charge in [-0.25, -0.2) is 9.59 Å². The minimum absolute atomic E-state index is 0.116. The van der Waals surface area contributed by atoms with Gasteiger partial charge in [0.05, 0.1) is 7.11 Å². The second kappa shape index (κ2) is 7.04. The molecule has 0 radical (unpaired) electrons. The molecule has 5 nitrogen and oxygen atoms in total. The number of carbonyl (C=O) groups is 2. The Bertz CT molecular complexity index is 897. The lowest BCUT2D eigenvalue weighted by Gasteiger charge is -2.13. The molecule has 26 heavy (non-hydrogen) atoms. The van der Waals surface area contributed by atoms with Gasteiger partial charge in [-0.15, -0.1) is 0 Å². The van der Waals surface area contributed by atoms with Gasteiger partial charge in [0.15, 0.2) is 6.10 Å². The molecule has 1 unspecified atom stereocenters. The number of carbonyl (C=O) groups excluding carboxylic acids is 2. The van der Waals surface area contributed by atoms with Gasteiger partial charge in [0.25, 0.3) is 0 Å². The molecule has 1 atom stereocenters. The lowest BCUT2D eigenvalue weighted by molar-refractivity contribution is -0.141. The fourth-order valence-corrected chi connectivity index (χ4v) is 2.84. The third-order valence-corrected chi connectivity index (χ3v) is 4.52.